The molecule has 0 aliphatic heterocycles. The predicted molar refractivity (Wildman–Crippen MR) is 65.9 cm³/mol. The Morgan fingerprint density at radius 2 is 2.06 bits per heavy atom. The van der Waals surface area contributed by atoms with Gasteiger partial charge in [-0.2, -0.15) is 5.10 Å². The molecule has 0 bridgehead atoms. The SMILES string of the molecule is Cc1nn(C)c(C)c1OCCNCC(C)C. The van der Waals surface area contributed by atoms with Gasteiger partial charge in [0.25, 0.3) is 0 Å². The molecule has 0 atom stereocenters. The van der Waals surface area contributed by atoms with Crippen LogP contribution in [0.15, 0.2) is 0 Å². The van der Waals surface area contributed by atoms with Crippen LogP contribution in [-0.2, 0) is 7.05 Å². The molecule has 0 radical (unpaired) electrons. The Morgan fingerprint density at radius 1 is 1.38 bits per heavy atom. The van der Waals surface area contributed by atoms with Crippen molar-refractivity contribution in [1.82, 2.24) is 15.1 Å². The molecule has 0 unspecified atom stereocenters. The predicted octanol–water partition coefficient (Wildman–Crippen LogP) is 1.66. The second kappa shape index (κ2) is 5.89. The van der Waals surface area contributed by atoms with Crippen LogP contribution < -0.4 is 10.1 Å². The summed E-state index contributed by atoms with van der Waals surface area (Å²) >= 11 is 0. The van der Waals surface area contributed by atoms with Crippen molar-refractivity contribution >= 4 is 0 Å². The topological polar surface area (TPSA) is 39.1 Å². The molecular weight excluding hydrogens is 202 g/mol. The highest BCUT2D eigenvalue weighted by Crippen LogP contribution is 2.20. The minimum absolute atomic E-state index is 0.682. The lowest BCUT2D eigenvalue weighted by atomic mass is 10.2. The van der Waals surface area contributed by atoms with Gasteiger partial charge in [-0.1, -0.05) is 13.8 Å². The highest BCUT2D eigenvalue weighted by Gasteiger charge is 2.09. The van der Waals surface area contributed by atoms with Crippen LogP contribution in [0, 0.1) is 19.8 Å². The molecule has 1 N–H and O–H groups in total. The molecule has 0 aliphatic carbocycles. The molecule has 0 aromatic carbocycles. The second-order valence-electron chi connectivity index (χ2n) is 4.57. The molecule has 0 saturated heterocycles. The molecule has 0 aliphatic rings. The number of aromatic nitrogens is 2. The molecule has 4 nitrogen and oxygen atoms in total. The first kappa shape index (κ1) is 13.0. The number of hydrogen-bond acceptors (Lipinski definition) is 3. The van der Waals surface area contributed by atoms with Crippen LogP contribution in [0.5, 0.6) is 5.75 Å². The zero-order chi connectivity index (χ0) is 12.1. The van der Waals surface area contributed by atoms with Crippen LogP contribution >= 0.6 is 0 Å². The van der Waals surface area contributed by atoms with E-state index >= 15 is 0 Å². The van der Waals surface area contributed by atoms with Gasteiger partial charge < -0.3 is 10.1 Å². The highest BCUT2D eigenvalue weighted by molar-refractivity contribution is 5.31. The van der Waals surface area contributed by atoms with E-state index in [9.17, 15) is 0 Å². The minimum Gasteiger partial charge on any atom is -0.488 e. The Hall–Kier alpha value is -1.03. The van der Waals surface area contributed by atoms with E-state index in [2.05, 4.69) is 24.3 Å². The fourth-order valence-electron chi connectivity index (χ4n) is 1.58. The van der Waals surface area contributed by atoms with Crippen LogP contribution in [0.1, 0.15) is 25.2 Å². The van der Waals surface area contributed by atoms with Gasteiger partial charge in [0.05, 0.1) is 5.69 Å². The first-order valence-electron chi connectivity index (χ1n) is 5.86. The molecule has 0 saturated carbocycles. The Morgan fingerprint density at radius 3 is 2.56 bits per heavy atom. The number of nitrogens with one attached hydrogen (secondary N) is 1. The van der Waals surface area contributed by atoms with Crippen LogP contribution in [0.25, 0.3) is 0 Å². The molecule has 1 heterocycles. The van der Waals surface area contributed by atoms with Gasteiger partial charge in [-0.25, -0.2) is 0 Å². The monoisotopic (exact) mass is 225 g/mol. The Bertz CT molecular complexity index is 331. The summed E-state index contributed by atoms with van der Waals surface area (Å²) in [6.45, 7) is 11.0. The maximum Gasteiger partial charge on any atom is 0.163 e. The van der Waals surface area contributed by atoms with E-state index in [1.165, 1.54) is 0 Å². The van der Waals surface area contributed by atoms with Crippen LogP contribution in [0.2, 0.25) is 0 Å². The third kappa shape index (κ3) is 3.52. The van der Waals surface area contributed by atoms with Gasteiger partial charge in [0, 0.05) is 13.6 Å². The zero-order valence-electron chi connectivity index (χ0n) is 11.0. The molecule has 1 aromatic rings. The highest BCUT2D eigenvalue weighted by atomic mass is 16.5. The summed E-state index contributed by atoms with van der Waals surface area (Å²) in [5.41, 5.74) is 2.05. The number of rotatable bonds is 6. The van der Waals surface area contributed by atoms with Gasteiger partial charge in [-0.05, 0) is 26.3 Å². The third-order valence-corrected chi connectivity index (χ3v) is 2.52. The fraction of sp³-hybridized carbons (Fsp3) is 0.750. The Labute approximate surface area is 98.0 Å². The molecule has 1 aromatic heterocycles. The van der Waals surface area contributed by atoms with Gasteiger partial charge in [-0.3, -0.25) is 4.68 Å². The summed E-state index contributed by atoms with van der Waals surface area (Å²) < 4.78 is 7.58. The number of nitrogens with zero attached hydrogens (tertiary/aromatic N) is 2. The van der Waals surface area contributed by atoms with E-state index in [4.69, 9.17) is 4.74 Å². The maximum absolute atomic E-state index is 5.72. The van der Waals surface area contributed by atoms with Crippen molar-refractivity contribution in [1.29, 1.82) is 0 Å². The summed E-state index contributed by atoms with van der Waals surface area (Å²) in [5.74, 6) is 1.61. The van der Waals surface area contributed by atoms with Crippen molar-refractivity contribution in [2.45, 2.75) is 27.7 Å². The largest absolute Gasteiger partial charge is 0.488 e. The average Bonchev–Trinajstić information content (AvgIpc) is 2.43. The van der Waals surface area contributed by atoms with E-state index in [0.29, 0.717) is 12.5 Å². The lowest BCUT2D eigenvalue weighted by Crippen LogP contribution is -2.25. The minimum atomic E-state index is 0.682. The van der Waals surface area contributed by atoms with Crippen molar-refractivity contribution in [3.05, 3.63) is 11.4 Å². The Kier molecular flexibility index (Phi) is 4.80. The van der Waals surface area contributed by atoms with Gasteiger partial charge in [-0.15, -0.1) is 0 Å². The van der Waals surface area contributed by atoms with Gasteiger partial charge in [0.1, 0.15) is 12.3 Å². The third-order valence-electron chi connectivity index (χ3n) is 2.52. The van der Waals surface area contributed by atoms with Crippen LogP contribution in [0.3, 0.4) is 0 Å². The van der Waals surface area contributed by atoms with Gasteiger partial charge >= 0.3 is 0 Å². The summed E-state index contributed by atoms with van der Waals surface area (Å²) in [7, 11) is 1.94. The molecule has 92 valence electrons. The van der Waals surface area contributed by atoms with E-state index < -0.39 is 0 Å². The number of hydrogen-bond donors (Lipinski definition) is 1. The smallest absolute Gasteiger partial charge is 0.163 e. The first-order chi connectivity index (χ1) is 7.52. The number of ether oxygens (including phenoxy) is 1. The normalized spacial score (nSPS) is 11.1. The number of aryl methyl sites for hydroxylation is 2. The van der Waals surface area contributed by atoms with Crippen LogP contribution in [0.4, 0.5) is 0 Å². The van der Waals surface area contributed by atoms with Gasteiger partial charge in [0.2, 0.25) is 0 Å². The molecular formula is C12H23N3O. The summed E-state index contributed by atoms with van der Waals surface area (Å²) in [5, 5.41) is 7.66. The molecule has 4 heteroatoms. The molecule has 0 spiro atoms. The van der Waals surface area contributed by atoms with E-state index in [0.717, 1.165) is 30.2 Å². The van der Waals surface area contributed by atoms with Crippen molar-refractivity contribution in [2.24, 2.45) is 13.0 Å². The lowest BCUT2D eigenvalue weighted by molar-refractivity contribution is 0.307. The lowest BCUT2D eigenvalue weighted by Gasteiger charge is -2.09. The van der Waals surface area contributed by atoms with Gasteiger partial charge in [0.15, 0.2) is 5.75 Å². The fourth-order valence-corrected chi connectivity index (χ4v) is 1.58. The zero-order valence-corrected chi connectivity index (χ0v) is 11.0. The van der Waals surface area contributed by atoms with Crippen molar-refractivity contribution in [3.8, 4) is 5.75 Å². The summed E-state index contributed by atoms with van der Waals surface area (Å²) in [6, 6.07) is 0. The van der Waals surface area contributed by atoms with Crippen molar-refractivity contribution in [3.63, 3.8) is 0 Å². The molecule has 16 heavy (non-hydrogen) atoms. The van der Waals surface area contributed by atoms with Crippen LogP contribution in [-0.4, -0.2) is 29.5 Å². The first-order valence-corrected chi connectivity index (χ1v) is 5.86. The molecule has 1 rings (SSSR count). The quantitative estimate of drug-likeness (QED) is 0.748. The Balaban J connectivity index is 2.32. The summed E-state index contributed by atoms with van der Waals surface area (Å²) in [4.78, 5) is 0. The summed E-state index contributed by atoms with van der Waals surface area (Å²) in [6.07, 6.45) is 0. The van der Waals surface area contributed by atoms with Crippen molar-refractivity contribution in [2.75, 3.05) is 19.7 Å². The molecule has 0 fully saturated rings. The standard InChI is InChI=1S/C12H23N3O/c1-9(2)8-13-6-7-16-12-10(3)14-15(5)11(12)4/h9,13H,6-8H2,1-5H3. The van der Waals surface area contributed by atoms with E-state index in [1.54, 1.807) is 0 Å². The van der Waals surface area contributed by atoms with E-state index in [-0.39, 0.29) is 0 Å². The average molecular weight is 225 g/mol. The molecule has 0 amide bonds. The second-order valence-corrected chi connectivity index (χ2v) is 4.57. The van der Waals surface area contributed by atoms with Crippen molar-refractivity contribution < 1.29 is 4.74 Å². The van der Waals surface area contributed by atoms with E-state index in [1.807, 2.05) is 25.6 Å². The maximum atomic E-state index is 5.72.